The normalized spacial score (nSPS) is 26.3. The van der Waals surface area contributed by atoms with Crippen LogP contribution in [0.15, 0.2) is 48.5 Å². The second-order valence-corrected chi connectivity index (χ2v) is 6.29. The Balaban J connectivity index is 1.98. The molecule has 5 heteroatoms. The van der Waals surface area contributed by atoms with Gasteiger partial charge in [-0.15, -0.1) is 0 Å². The molecule has 24 heavy (non-hydrogen) atoms. The third-order valence-electron chi connectivity index (χ3n) is 4.97. The molecule has 1 aliphatic heterocycles. The molecule has 0 amide bonds. The first-order valence-corrected chi connectivity index (χ1v) is 7.83. The van der Waals surface area contributed by atoms with Crippen molar-refractivity contribution in [1.29, 1.82) is 0 Å². The molecule has 1 fully saturated rings. The standard InChI is InChI=1S/C19H20FNO3/c1-19(13-5-9-15(24-2)10-6-13)17(18(22)23)16(11-21-19)12-3-7-14(20)8-4-12/h3-10,16-17,21H,11H2,1-2H3,(H,22,23). The van der Waals surface area contributed by atoms with Crippen molar-refractivity contribution in [3.63, 3.8) is 0 Å². The molecule has 1 saturated heterocycles. The molecule has 0 bridgehead atoms. The van der Waals surface area contributed by atoms with Crippen LogP contribution in [0.2, 0.25) is 0 Å². The first-order valence-electron chi connectivity index (χ1n) is 7.83. The van der Waals surface area contributed by atoms with Crippen LogP contribution in [-0.2, 0) is 10.3 Å². The van der Waals surface area contributed by atoms with E-state index in [0.29, 0.717) is 6.54 Å². The fourth-order valence-electron chi connectivity index (χ4n) is 3.61. The van der Waals surface area contributed by atoms with Crippen molar-refractivity contribution in [1.82, 2.24) is 5.32 Å². The van der Waals surface area contributed by atoms with E-state index in [1.807, 2.05) is 31.2 Å². The molecule has 2 aromatic rings. The lowest BCUT2D eigenvalue weighted by molar-refractivity contribution is -0.144. The van der Waals surface area contributed by atoms with Gasteiger partial charge in [-0.1, -0.05) is 24.3 Å². The molecule has 4 nitrogen and oxygen atoms in total. The number of aliphatic carboxylic acids is 1. The van der Waals surface area contributed by atoms with Gasteiger partial charge in [0.25, 0.3) is 0 Å². The summed E-state index contributed by atoms with van der Waals surface area (Å²) in [4.78, 5) is 12.0. The summed E-state index contributed by atoms with van der Waals surface area (Å²) in [5.74, 6) is -1.35. The smallest absolute Gasteiger partial charge is 0.309 e. The molecule has 1 heterocycles. The first-order chi connectivity index (χ1) is 11.5. The number of carboxylic acids is 1. The van der Waals surface area contributed by atoms with Crippen LogP contribution < -0.4 is 10.1 Å². The maximum Gasteiger partial charge on any atom is 0.309 e. The van der Waals surface area contributed by atoms with E-state index in [1.165, 1.54) is 12.1 Å². The molecule has 3 unspecified atom stereocenters. The molecular weight excluding hydrogens is 309 g/mol. The maximum atomic E-state index is 13.2. The predicted octanol–water partition coefficient (Wildman–Crippen LogP) is 3.14. The maximum absolute atomic E-state index is 13.2. The third kappa shape index (κ3) is 2.76. The van der Waals surface area contributed by atoms with Gasteiger partial charge in [-0.05, 0) is 42.3 Å². The summed E-state index contributed by atoms with van der Waals surface area (Å²) in [6.07, 6.45) is 0. The minimum atomic E-state index is -0.868. The highest BCUT2D eigenvalue weighted by Crippen LogP contribution is 2.44. The lowest BCUT2D eigenvalue weighted by Crippen LogP contribution is -2.42. The number of hydrogen-bond acceptors (Lipinski definition) is 3. The average Bonchev–Trinajstić information content (AvgIpc) is 2.94. The lowest BCUT2D eigenvalue weighted by Gasteiger charge is -2.31. The summed E-state index contributed by atoms with van der Waals surface area (Å²) in [5, 5.41) is 13.2. The van der Waals surface area contributed by atoms with Crippen LogP contribution in [0.25, 0.3) is 0 Å². The Morgan fingerprint density at radius 1 is 1.21 bits per heavy atom. The molecule has 3 atom stereocenters. The van der Waals surface area contributed by atoms with Gasteiger partial charge < -0.3 is 15.2 Å². The Labute approximate surface area is 140 Å². The van der Waals surface area contributed by atoms with Crippen LogP contribution >= 0.6 is 0 Å². The number of hydrogen-bond donors (Lipinski definition) is 2. The minimum absolute atomic E-state index is 0.227. The van der Waals surface area contributed by atoms with E-state index in [4.69, 9.17) is 4.74 Å². The average molecular weight is 329 g/mol. The van der Waals surface area contributed by atoms with Gasteiger partial charge >= 0.3 is 5.97 Å². The van der Waals surface area contributed by atoms with E-state index in [1.54, 1.807) is 19.2 Å². The van der Waals surface area contributed by atoms with Crippen molar-refractivity contribution < 1.29 is 19.0 Å². The number of carbonyl (C=O) groups is 1. The van der Waals surface area contributed by atoms with Gasteiger partial charge in [0.05, 0.1) is 18.6 Å². The quantitative estimate of drug-likeness (QED) is 0.905. The van der Waals surface area contributed by atoms with Crippen LogP contribution in [-0.4, -0.2) is 24.7 Å². The summed E-state index contributed by atoms with van der Waals surface area (Å²) >= 11 is 0. The second kappa shape index (κ2) is 6.24. The Morgan fingerprint density at radius 2 is 1.83 bits per heavy atom. The van der Waals surface area contributed by atoms with Gasteiger partial charge in [0.2, 0.25) is 0 Å². The van der Waals surface area contributed by atoms with Crippen LogP contribution in [0.1, 0.15) is 24.0 Å². The summed E-state index contributed by atoms with van der Waals surface area (Å²) < 4.78 is 18.3. The summed E-state index contributed by atoms with van der Waals surface area (Å²) in [7, 11) is 1.59. The van der Waals surface area contributed by atoms with Gasteiger partial charge in [0.1, 0.15) is 11.6 Å². The molecule has 126 valence electrons. The number of halogens is 1. The number of ether oxygens (including phenoxy) is 1. The molecule has 2 N–H and O–H groups in total. The van der Waals surface area contributed by atoms with Crippen LogP contribution in [0.3, 0.4) is 0 Å². The highest BCUT2D eigenvalue weighted by molar-refractivity contribution is 5.74. The second-order valence-electron chi connectivity index (χ2n) is 6.29. The Kier molecular flexibility index (Phi) is 4.28. The zero-order valence-electron chi connectivity index (χ0n) is 13.6. The molecule has 0 spiro atoms. The fraction of sp³-hybridized carbons (Fsp3) is 0.316. The van der Waals surface area contributed by atoms with Crippen LogP contribution in [0, 0.1) is 11.7 Å². The van der Waals surface area contributed by atoms with Crippen molar-refractivity contribution >= 4 is 5.97 Å². The Hall–Kier alpha value is -2.40. The topological polar surface area (TPSA) is 58.6 Å². The van der Waals surface area contributed by atoms with Gasteiger partial charge in [0, 0.05) is 12.5 Å². The Bertz CT molecular complexity index is 729. The third-order valence-corrected chi connectivity index (χ3v) is 4.97. The molecule has 2 aromatic carbocycles. The van der Waals surface area contributed by atoms with Crippen molar-refractivity contribution in [2.24, 2.45) is 5.92 Å². The van der Waals surface area contributed by atoms with E-state index in [0.717, 1.165) is 16.9 Å². The van der Waals surface area contributed by atoms with E-state index < -0.39 is 17.4 Å². The number of methoxy groups -OCH3 is 1. The molecule has 0 radical (unpaired) electrons. The summed E-state index contributed by atoms with van der Waals surface area (Å²) in [6, 6.07) is 13.5. The number of rotatable bonds is 4. The lowest BCUT2D eigenvalue weighted by atomic mass is 9.75. The Morgan fingerprint density at radius 3 is 2.38 bits per heavy atom. The van der Waals surface area contributed by atoms with Crippen LogP contribution in [0.4, 0.5) is 4.39 Å². The number of benzene rings is 2. The van der Waals surface area contributed by atoms with E-state index >= 15 is 0 Å². The monoisotopic (exact) mass is 329 g/mol. The van der Waals surface area contributed by atoms with E-state index in [2.05, 4.69) is 5.32 Å². The molecular formula is C19H20FNO3. The first kappa shape index (κ1) is 16.5. The van der Waals surface area contributed by atoms with Gasteiger partial charge in [0.15, 0.2) is 0 Å². The van der Waals surface area contributed by atoms with Crippen molar-refractivity contribution in [2.75, 3.05) is 13.7 Å². The molecule has 1 aliphatic rings. The SMILES string of the molecule is COc1ccc(C2(C)NCC(c3ccc(F)cc3)C2C(=O)O)cc1. The molecule has 0 aliphatic carbocycles. The van der Waals surface area contributed by atoms with E-state index in [9.17, 15) is 14.3 Å². The van der Waals surface area contributed by atoms with Crippen molar-refractivity contribution in [3.05, 3.63) is 65.5 Å². The van der Waals surface area contributed by atoms with Gasteiger partial charge in [-0.2, -0.15) is 0 Å². The molecule has 0 saturated carbocycles. The summed E-state index contributed by atoms with van der Waals surface area (Å²) in [5.41, 5.74) is 1.01. The summed E-state index contributed by atoms with van der Waals surface area (Å²) in [6.45, 7) is 2.42. The van der Waals surface area contributed by atoms with Gasteiger partial charge in [-0.25, -0.2) is 4.39 Å². The minimum Gasteiger partial charge on any atom is -0.497 e. The zero-order valence-corrected chi connectivity index (χ0v) is 13.6. The fourth-order valence-corrected chi connectivity index (χ4v) is 3.61. The van der Waals surface area contributed by atoms with Crippen molar-refractivity contribution in [3.8, 4) is 5.75 Å². The highest BCUT2D eigenvalue weighted by Gasteiger charge is 2.50. The number of carboxylic acid groups (broad SMARTS) is 1. The van der Waals surface area contributed by atoms with Crippen molar-refractivity contribution in [2.45, 2.75) is 18.4 Å². The zero-order chi connectivity index (χ0) is 17.3. The largest absolute Gasteiger partial charge is 0.497 e. The predicted molar refractivity (Wildman–Crippen MR) is 88.6 cm³/mol. The van der Waals surface area contributed by atoms with Crippen LogP contribution in [0.5, 0.6) is 5.75 Å². The molecule has 3 rings (SSSR count). The highest BCUT2D eigenvalue weighted by atomic mass is 19.1. The number of nitrogens with one attached hydrogen (secondary N) is 1. The van der Waals surface area contributed by atoms with Gasteiger partial charge in [-0.3, -0.25) is 4.79 Å². The molecule has 0 aromatic heterocycles. The van der Waals surface area contributed by atoms with E-state index in [-0.39, 0.29) is 11.7 Å².